The Morgan fingerprint density at radius 2 is 1.70 bits per heavy atom. The van der Waals surface area contributed by atoms with Crippen LogP contribution < -0.4 is 5.32 Å². The first-order valence-electron chi connectivity index (χ1n) is 10.1. The number of benzene rings is 1. The van der Waals surface area contributed by atoms with Gasteiger partial charge in [-0.05, 0) is 43.4 Å². The summed E-state index contributed by atoms with van der Waals surface area (Å²) in [4.78, 5) is 27.9. The maximum absolute atomic E-state index is 13.3. The maximum atomic E-state index is 13.3. The number of amides is 2. The fourth-order valence-corrected chi connectivity index (χ4v) is 5.28. The van der Waals surface area contributed by atoms with E-state index in [-0.39, 0.29) is 29.8 Å². The van der Waals surface area contributed by atoms with Gasteiger partial charge in [0.05, 0.1) is 16.0 Å². The smallest absolute Gasteiger partial charge is 0.247 e. The average molecular weight is 409 g/mol. The van der Waals surface area contributed by atoms with Crippen LogP contribution >= 0.6 is 23.2 Å². The van der Waals surface area contributed by atoms with Gasteiger partial charge in [-0.1, -0.05) is 61.4 Å². The predicted molar refractivity (Wildman–Crippen MR) is 107 cm³/mol. The molecule has 0 aromatic heterocycles. The second-order valence-corrected chi connectivity index (χ2v) is 8.94. The van der Waals surface area contributed by atoms with Crippen LogP contribution in [0.4, 0.5) is 0 Å². The van der Waals surface area contributed by atoms with E-state index in [1.807, 2.05) is 11.0 Å². The fraction of sp³-hybridized carbons (Fsp3) is 0.619. The number of carbonyl (C=O) groups is 2. The zero-order valence-electron chi connectivity index (χ0n) is 15.4. The van der Waals surface area contributed by atoms with Crippen molar-refractivity contribution < 1.29 is 9.59 Å². The summed E-state index contributed by atoms with van der Waals surface area (Å²) in [7, 11) is 0. The highest BCUT2D eigenvalue weighted by molar-refractivity contribution is 6.42. The van der Waals surface area contributed by atoms with Crippen molar-refractivity contribution in [3.05, 3.63) is 33.8 Å². The van der Waals surface area contributed by atoms with E-state index < -0.39 is 6.04 Å². The minimum absolute atomic E-state index is 0.0855. The first-order valence-corrected chi connectivity index (χ1v) is 10.9. The lowest BCUT2D eigenvalue weighted by molar-refractivity contribution is -0.168. The number of halogens is 2. The van der Waals surface area contributed by atoms with Gasteiger partial charge in [0, 0.05) is 12.1 Å². The molecule has 1 saturated heterocycles. The molecule has 1 N–H and O–H groups in total. The van der Waals surface area contributed by atoms with E-state index in [9.17, 15) is 9.59 Å². The largest absolute Gasteiger partial charge is 0.351 e. The van der Waals surface area contributed by atoms with Gasteiger partial charge in [0.2, 0.25) is 11.8 Å². The molecule has 2 saturated carbocycles. The molecule has 1 aliphatic heterocycles. The molecule has 2 amide bonds. The Kier molecular flexibility index (Phi) is 5.65. The zero-order valence-corrected chi connectivity index (χ0v) is 16.9. The Hall–Kier alpha value is -1.26. The van der Waals surface area contributed by atoms with Crippen LogP contribution in [0, 0.1) is 5.92 Å². The van der Waals surface area contributed by atoms with E-state index in [2.05, 4.69) is 5.32 Å². The SMILES string of the molecule is O=C(NC1CCCCC1)C(c1ccc(Cl)c(Cl)c1)N1C(=O)[C@@H]2CCCC[C@@H]21. The summed E-state index contributed by atoms with van der Waals surface area (Å²) in [5.74, 6) is 0.110. The first-order chi connectivity index (χ1) is 13.1. The van der Waals surface area contributed by atoms with Gasteiger partial charge in [-0.15, -0.1) is 0 Å². The highest BCUT2D eigenvalue weighted by Crippen LogP contribution is 2.44. The van der Waals surface area contributed by atoms with Crippen molar-refractivity contribution in [3.63, 3.8) is 0 Å². The van der Waals surface area contributed by atoms with Crippen LogP contribution in [0.15, 0.2) is 18.2 Å². The van der Waals surface area contributed by atoms with E-state index in [1.165, 1.54) is 6.42 Å². The maximum Gasteiger partial charge on any atom is 0.247 e. The lowest BCUT2D eigenvalue weighted by Gasteiger charge is -2.53. The molecule has 3 fully saturated rings. The van der Waals surface area contributed by atoms with Crippen LogP contribution in [0.1, 0.15) is 69.4 Å². The van der Waals surface area contributed by atoms with Crippen molar-refractivity contribution in [1.82, 2.24) is 10.2 Å². The Morgan fingerprint density at radius 3 is 2.44 bits per heavy atom. The van der Waals surface area contributed by atoms with Gasteiger partial charge in [-0.3, -0.25) is 9.59 Å². The van der Waals surface area contributed by atoms with E-state index in [0.29, 0.717) is 10.0 Å². The monoisotopic (exact) mass is 408 g/mol. The molecule has 1 heterocycles. The van der Waals surface area contributed by atoms with Gasteiger partial charge in [-0.2, -0.15) is 0 Å². The molecule has 6 heteroatoms. The van der Waals surface area contributed by atoms with Crippen molar-refractivity contribution in [2.45, 2.75) is 75.9 Å². The van der Waals surface area contributed by atoms with Crippen LogP contribution in [0.2, 0.25) is 10.0 Å². The lowest BCUT2D eigenvalue weighted by Crippen LogP contribution is -2.65. The first kappa shape index (κ1) is 19.1. The number of fused-ring (bicyclic) bond motifs is 1. The molecule has 0 spiro atoms. The molecule has 1 aromatic carbocycles. The third kappa shape index (κ3) is 3.71. The van der Waals surface area contributed by atoms with E-state index in [1.54, 1.807) is 12.1 Å². The summed E-state index contributed by atoms with van der Waals surface area (Å²) >= 11 is 12.3. The molecule has 1 aromatic rings. The number of hydrogen-bond donors (Lipinski definition) is 1. The summed E-state index contributed by atoms with van der Waals surface area (Å²) in [5, 5.41) is 4.08. The van der Waals surface area contributed by atoms with Crippen molar-refractivity contribution in [3.8, 4) is 0 Å². The fourth-order valence-electron chi connectivity index (χ4n) is 4.97. The normalized spacial score (nSPS) is 26.9. The molecule has 146 valence electrons. The highest BCUT2D eigenvalue weighted by Gasteiger charge is 2.52. The van der Waals surface area contributed by atoms with Crippen LogP contribution in [0.25, 0.3) is 0 Å². The molecule has 0 radical (unpaired) electrons. The molecular weight excluding hydrogens is 383 g/mol. The summed E-state index contributed by atoms with van der Waals surface area (Å²) in [5.41, 5.74) is 0.745. The number of β-lactam (4-membered cyclic amide) rings is 1. The summed E-state index contributed by atoms with van der Waals surface area (Å²) < 4.78 is 0. The van der Waals surface area contributed by atoms with Crippen LogP contribution in [0.3, 0.4) is 0 Å². The number of carbonyl (C=O) groups excluding carboxylic acids is 2. The number of hydrogen-bond acceptors (Lipinski definition) is 2. The second kappa shape index (κ2) is 8.00. The molecule has 3 atom stereocenters. The van der Waals surface area contributed by atoms with Gasteiger partial charge in [0.1, 0.15) is 6.04 Å². The van der Waals surface area contributed by atoms with Gasteiger partial charge in [-0.25, -0.2) is 0 Å². The Bertz CT molecular complexity index is 733. The lowest BCUT2D eigenvalue weighted by atomic mass is 9.74. The summed E-state index contributed by atoms with van der Waals surface area (Å²) in [6, 6.07) is 5.02. The van der Waals surface area contributed by atoms with Crippen molar-refractivity contribution in [2.75, 3.05) is 0 Å². The minimum Gasteiger partial charge on any atom is -0.351 e. The quantitative estimate of drug-likeness (QED) is 0.721. The standard InChI is InChI=1S/C21H26Cl2N2O2/c22-16-11-10-13(12-17(16)23)19(20(26)24-14-6-2-1-3-7-14)25-18-9-5-4-8-15(18)21(25)27/h10-12,14-15,18-19H,1-9H2,(H,24,26)/t15-,18+,19?/m1/s1. The molecule has 3 aliphatic rings. The Morgan fingerprint density at radius 1 is 1.00 bits per heavy atom. The summed E-state index contributed by atoms with van der Waals surface area (Å²) in [6.07, 6.45) is 9.70. The van der Waals surface area contributed by atoms with Crippen molar-refractivity contribution >= 4 is 35.0 Å². The predicted octanol–water partition coefficient (Wildman–Crippen LogP) is 4.88. The molecule has 4 nitrogen and oxygen atoms in total. The molecular formula is C21H26Cl2N2O2. The van der Waals surface area contributed by atoms with Crippen LogP contribution in [0.5, 0.6) is 0 Å². The zero-order chi connectivity index (χ0) is 19.0. The third-order valence-corrected chi connectivity index (χ3v) is 7.13. The molecule has 1 unspecified atom stereocenters. The van der Waals surface area contributed by atoms with E-state index in [0.717, 1.165) is 56.9 Å². The molecule has 27 heavy (non-hydrogen) atoms. The summed E-state index contributed by atoms with van der Waals surface area (Å²) in [6.45, 7) is 0. The topological polar surface area (TPSA) is 49.4 Å². The van der Waals surface area contributed by atoms with E-state index >= 15 is 0 Å². The second-order valence-electron chi connectivity index (χ2n) is 8.12. The average Bonchev–Trinajstić information content (AvgIpc) is 2.68. The molecule has 2 aliphatic carbocycles. The van der Waals surface area contributed by atoms with Gasteiger partial charge in [0.15, 0.2) is 0 Å². The molecule has 0 bridgehead atoms. The number of rotatable bonds is 4. The number of nitrogens with one attached hydrogen (secondary N) is 1. The van der Waals surface area contributed by atoms with Gasteiger partial charge < -0.3 is 10.2 Å². The van der Waals surface area contributed by atoms with E-state index in [4.69, 9.17) is 23.2 Å². The van der Waals surface area contributed by atoms with Gasteiger partial charge >= 0.3 is 0 Å². The third-order valence-electron chi connectivity index (χ3n) is 6.40. The van der Waals surface area contributed by atoms with Crippen molar-refractivity contribution in [1.29, 1.82) is 0 Å². The number of nitrogens with zero attached hydrogens (tertiary/aromatic N) is 1. The van der Waals surface area contributed by atoms with Gasteiger partial charge in [0.25, 0.3) is 0 Å². The van der Waals surface area contributed by atoms with Crippen LogP contribution in [-0.2, 0) is 9.59 Å². The minimum atomic E-state index is -0.617. The highest BCUT2D eigenvalue weighted by atomic mass is 35.5. The Balaban J connectivity index is 1.61. The number of likely N-dealkylation sites (tertiary alicyclic amines) is 1. The van der Waals surface area contributed by atoms with Crippen molar-refractivity contribution in [2.24, 2.45) is 5.92 Å². The van der Waals surface area contributed by atoms with Crippen LogP contribution in [-0.4, -0.2) is 28.8 Å². The molecule has 4 rings (SSSR count). The Labute approximate surface area is 170 Å².